The molecule has 2 aromatic heterocycles. The highest BCUT2D eigenvalue weighted by atomic mass is 16.2. The normalized spacial score (nSPS) is 10.1. The monoisotopic (exact) mass is 204 g/mol. The number of rotatable bonds is 1. The first-order chi connectivity index (χ1) is 7.18. The van der Waals surface area contributed by atoms with Crippen molar-refractivity contribution >= 4 is 5.82 Å². The van der Waals surface area contributed by atoms with Crippen molar-refractivity contribution in [1.82, 2.24) is 14.5 Å². The number of pyridine rings is 1. The van der Waals surface area contributed by atoms with E-state index in [1.54, 1.807) is 18.2 Å². The predicted octanol–water partition coefficient (Wildman–Crippen LogP) is -0.497. The molecule has 0 aromatic carbocycles. The van der Waals surface area contributed by atoms with Gasteiger partial charge in [-0.1, -0.05) is 6.07 Å². The highest BCUT2D eigenvalue weighted by Gasteiger charge is 2.05. The lowest BCUT2D eigenvalue weighted by molar-refractivity contribution is 0.879. The molecule has 6 heteroatoms. The zero-order chi connectivity index (χ0) is 10.8. The van der Waals surface area contributed by atoms with Gasteiger partial charge >= 0.3 is 5.69 Å². The van der Waals surface area contributed by atoms with Crippen molar-refractivity contribution < 1.29 is 0 Å². The van der Waals surface area contributed by atoms with Gasteiger partial charge < -0.3 is 5.73 Å². The second-order valence-electron chi connectivity index (χ2n) is 2.89. The fourth-order valence-corrected chi connectivity index (χ4v) is 1.24. The van der Waals surface area contributed by atoms with Crippen molar-refractivity contribution in [3.8, 4) is 5.82 Å². The molecule has 0 spiro atoms. The molecule has 0 fully saturated rings. The lowest BCUT2D eigenvalue weighted by Crippen LogP contribution is -2.30. The first kappa shape index (κ1) is 9.20. The number of nitrogens with zero attached hydrogens (tertiary/aromatic N) is 2. The molecule has 2 heterocycles. The van der Waals surface area contributed by atoms with Crippen LogP contribution in [-0.4, -0.2) is 14.5 Å². The molecule has 2 rings (SSSR count). The maximum atomic E-state index is 11.4. The van der Waals surface area contributed by atoms with Gasteiger partial charge in [-0.05, 0) is 12.1 Å². The van der Waals surface area contributed by atoms with Crippen molar-refractivity contribution in [2.24, 2.45) is 0 Å². The van der Waals surface area contributed by atoms with E-state index < -0.39 is 11.2 Å². The molecule has 0 bridgehead atoms. The highest BCUT2D eigenvalue weighted by Crippen LogP contribution is 2.03. The van der Waals surface area contributed by atoms with E-state index >= 15 is 0 Å². The number of aromatic amines is 1. The summed E-state index contributed by atoms with van der Waals surface area (Å²) >= 11 is 0. The van der Waals surface area contributed by atoms with Crippen molar-refractivity contribution in [2.45, 2.75) is 0 Å². The third-order valence-corrected chi connectivity index (χ3v) is 1.85. The van der Waals surface area contributed by atoms with E-state index in [2.05, 4.69) is 9.97 Å². The Kier molecular flexibility index (Phi) is 2.09. The largest absolute Gasteiger partial charge is 0.384 e. The quantitative estimate of drug-likeness (QED) is 0.655. The number of nitrogens with two attached hydrogens (primary N) is 1. The molecule has 2 aromatic rings. The minimum absolute atomic E-state index is 0.0578. The number of aromatic nitrogens is 3. The van der Waals surface area contributed by atoms with Crippen molar-refractivity contribution in [3.05, 3.63) is 51.3 Å². The van der Waals surface area contributed by atoms with E-state index in [9.17, 15) is 9.59 Å². The summed E-state index contributed by atoms with van der Waals surface area (Å²) in [4.78, 5) is 28.4. The molecule has 0 saturated carbocycles. The number of anilines is 1. The predicted molar refractivity (Wildman–Crippen MR) is 54.9 cm³/mol. The van der Waals surface area contributed by atoms with E-state index in [1.807, 2.05) is 0 Å². The zero-order valence-electron chi connectivity index (χ0n) is 7.68. The summed E-state index contributed by atoms with van der Waals surface area (Å²) < 4.78 is 1.13. The van der Waals surface area contributed by atoms with Crippen LogP contribution in [0, 0.1) is 0 Å². The Balaban J connectivity index is 2.75. The summed E-state index contributed by atoms with van der Waals surface area (Å²) in [7, 11) is 0. The standard InChI is InChI=1S/C9H8N4O2/c10-6-5-8(14)12-9(15)13(6)7-3-1-2-4-11-7/h1-5H,10H2,(H,12,14,15). The Hall–Kier alpha value is -2.37. The molecule has 0 amide bonds. The van der Waals surface area contributed by atoms with E-state index in [0.717, 1.165) is 10.6 Å². The third-order valence-electron chi connectivity index (χ3n) is 1.85. The smallest absolute Gasteiger partial charge is 0.335 e. The summed E-state index contributed by atoms with van der Waals surface area (Å²) in [5, 5.41) is 0. The minimum atomic E-state index is -0.598. The molecule has 3 N–H and O–H groups in total. The molecule has 6 nitrogen and oxygen atoms in total. The first-order valence-corrected chi connectivity index (χ1v) is 4.22. The van der Waals surface area contributed by atoms with Crippen LogP contribution in [0.5, 0.6) is 0 Å². The summed E-state index contributed by atoms with van der Waals surface area (Å²) in [6.45, 7) is 0. The SMILES string of the molecule is Nc1cc(=O)[nH]c(=O)n1-c1ccccn1. The number of nitrogen functional groups attached to an aromatic ring is 1. The zero-order valence-corrected chi connectivity index (χ0v) is 7.68. The fourth-order valence-electron chi connectivity index (χ4n) is 1.24. The summed E-state index contributed by atoms with van der Waals surface area (Å²) in [5.74, 6) is 0.429. The Morgan fingerprint density at radius 1 is 1.33 bits per heavy atom. The van der Waals surface area contributed by atoms with Crippen LogP contribution >= 0.6 is 0 Å². The van der Waals surface area contributed by atoms with E-state index in [-0.39, 0.29) is 5.82 Å². The molecule has 0 aliphatic carbocycles. The average Bonchev–Trinajstić information content (AvgIpc) is 2.17. The Morgan fingerprint density at radius 3 is 2.73 bits per heavy atom. The molecular formula is C9H8N4O2. The molecule has 0 atom stereocenters. The fraction of sp³-hybridized carbons (Fsp3) is 0. The van der Waals surface area contributed by atoms with Crippen LogP contribution in [0.4, 0.5) is 5.82 Å². The van der Waals surface area contributed by atoms with E-state index in [4.69, 9.17) is 5.73 Å². The van der Waals surface area contributed by atoms with Gasteiger partial charge in [0.2, 0.25) is 0 Å². The number of nitrogens with one attached hydrogen (secondary N) is 1. The Morgan fingerprint density at radius 2 is 2.13 bits per heavy atom. The molecule has 0 radical (unpaired) electrons. The Labute approximate surface area is 84.0 Å². The van der Waals surface area contributed by atoms with Crippen LogP contribution in [-0.2, 0) is 0 Å². The first-order valence-electron chi connectivity index (χ1n) is 4.22. The molecule has 76 valence electrons. The maximum absolute atomic E-state index is 11.4. The molecule has 0 saturated heterocycles. The van der Waals surface area contributed by atoms with Crippen LogP contribution in [0.2, 0.25) is 0 Å². The van der Waals surface area contributed by atoms with Crippen LogP contribution in [0.1, 0.15) is 0 Å². The van der Waals surface area contributed by atoms with Crippen LogP contribution in [0.15, 0.2) is 40.1 Å². The topological polar surface area (TPSA) is 93.8 Å². The lowest BCUT2D eigenvalue weighted by Gasteiger charge is -2.05. The minimum Gasteiger partial charge on any atom is -0.384 e. The maximum Gasteiger partial charge on any atom is 0.335 e. The van der Waals surface area contributed by atoms with Gasteiger partial charge in [0.25, 0.3) is 5.56 Å². The molecule has 15 heavy (non-hydrogen) atoms. The van der Waals surface area contributed by atoms with Gasteiger partial charge in [0, 0.05) is 12.3 Å². The van der Waals surface area contributed by atoms with Gasteiger partial charge in [-0.3, -0.25) is 9.78 Å². The van der Waals surface area contributed by atoms with Gasteiger partial charge in [-0.25, -0.2) is 14.3 Å². The molecule has 0 aliphatic heterocycles. The number of H-pyrrole nitrogens is 1. The van der Waals surface area contributed by atoms with Gasteiger partial charge in [-0.2, -0.15) is 0 Å². The average molecular weight is 204 g/mol. The summed E-state index contributed by atoms with van der Waals surface area (Å²) in [5.41, 5.74) is 4.44. The molecule has 0 aliphatic rings. The van der Waals surface area contributed by atoms with E-state index in [0.29, 0.717) is 5.82 Å². The van der Waals surface area contributed by atoms with Gasteiger partial charge in [0.15, 0.2) is 0 Å². The van der Waals surface area contributed by atoms with Crippen molar-refractivity contribution in [1.29, 1.82) is 0 Å². The highest BCUT2D eigenvalue weighted by molar-refractivity contribution is 5.36. The second-order valence-corrected chi connectivity index (χ2v) is 2.89. The van der Waals surface area contributed by atoms with Gasteiger partial charge in [-0.15, -0.1) is 0 Å². The van der Waals surface area contributed by atoms with Crippen LogP contribution in [0.3, 0.4) is 0 Å². The number of hydrogen-bond acceptors (Lipinski definition) is 4. The second kappa shape index (κ2) is 3.41. The van der Waals surface area contributed by atoms with Gasteiger partial charge in [0.05, 0.1) is 0 Å². The lowest BCUT2D eigenvalue weighted by atomic mass is 10.4. The van der Waals surface area contributed by atoms with Crippen LogP contribution in [0.25, 0.3) is 5.82 Å². The van der Waals surface area contributed by atoms with Gasteiger partial charge in [0.1, 0.15) is 11.6 Å². The Bertz CT molecular complexity index is 585. The summed E-state index contributed by atoms with van der Waals surface area (Å²) in [6, 6.07) is 6.20. The summed E-state index contributed by atoms with van der Waals surface area (Å²) in [6.07, 6.45) is 1.53. The van der Waals surface area contributed by atoms with E-state index in [1.165, 1.54) is 6.20 Å². The van der Waals surface area contributed by atoms with Crippen molar-refractivity contribution in [3.63, 3.8) is 0 Å². The number of hydrogen-bond donors (Lipinski definition) is 2. The molecular weight excluding hydrogens is 196 g/mol. The third kappa shape index (κ3) is 1.64. The van der Waals surface area contributed by atoms with Crippen molar-refractivity contribution in [2.75, 3.05) is 5.73 Å². The van der Waals surface area contributed by atoms with Crippen LogP contribution < -0.4 is 17.0 Å². The molecule has 0 unspecified atom stereocenters.